The third-order valence-electron chi connectivity index (χ3n) is 4.98. The van der Waals surface area contributed by atoms with Gasteiger partial charge in [-0.2, -0.15) is 0 Å². The van der Waals surface area contributed by atoms with E-state index in [0.717, 1.165) is 14.0 Å². The van der Waals surface area contributed by atoms with E-state index in [2.05, 4.69) is 5.32 Å². The molecule has 11 heteroatoms. The highest BCUT2D eigenvalue weighted by molar-refractivity contribution is 7.16. The van der Waals surface area contributed by atoms with Gasteiger partial charge in [0.25, 0.3) is 11.5 Å². The van der Waals surface area contributed by atoms with Crippen molar-refractivity contribution < 1.29 is 23.9 Å². The van der Waals surface area contributed by atoms with Crippen LogP contribution in [0, 0.1) is 0 Å². The molecule has 0 unspecified atom stereocenters. The lowest BCUT2D eigenvalue weighted by Crippen LogP contribution is -2.41. The molecule has 2 heterocycles. The molecule has 0 saturated heterocycles. The fourth-order valence-corrected chi connectivity index (χ4v) is 4.36. The van der Waals surface area contributed by atoms with Crippen molar-refractivity contribution in [1.29, 1.82) is 0 Å². The van der Waals surface area contributed by atoms with Gasteiger partial charge in [-0.05, 0) is 38.5 Å². The van der Waals surface area contributed by atoms with Crippen LogP contribution in [-0.4, -0.2) is 40.2 Å². The van der Waals surface area contributed by atoms with E-state index in [1.165, 1.54) is 11.3 Å². The quantitative estimate of drug-likeness (QED) is 0.459. The second-order valence-corrected chi connectivity index (χ2v) is 8.31. The molecule has 0 spiro atoms. The number of nitrogens with one attached hydrogen (secondary N) is 1. The summed E-state index contributed by atoms with van der Waals surface area (Å²) in [4.78, 5) is 63.1. The van der Waals surface area contributed by atoms with Crippen LogP contribution in [0.1, 0.15) is 36.0 Å². The van der Waals surface area contributed by atoms with Gasteiger partial charge in [0.15, 0.2) is 6.61 Å². The molecule has 0 aliphatic heterocycles. The number of amides is 1. The minimum atomic E-state index is -0.824. The number of nitrogens with zero attached hydrogens (tertiary/aromatic N) is 2. The molecular weight excluding hydrogens is 462 g/mol. The molecule has 3 rings (SSSR count). The van der Waals surface area contributed by atoms with Crippen LogP contribution in [0.5, 0.6) is 0 Å². The van der Waals surface area contributed by atoms with Crippen LogP contribution in [0.4, 0.5) is 5.00 Å². The molecule has 0 saturated carbocycles. The van der Waals surface area contributed by atoms with Crippen molar-refractivity contribution in [3.63, 3.8) is 0 Å². The summed E-state index contributed by atoms with van der Waals surface area (Å²) in [7, 11) is 0. The third kappa shape index (κ3) is 5.25. The lowest BCUT2D eigenvalue weighted by Gasteiger charge is -2.13. The first kappa shape index (κ1) is 24.9. The molecular formula is C23H25N3O7S. The van der Waals surface area contributed by atoms with Crippen LogP contribution in [0.25, 0.3) is 10.9 Å². The number of esters is 2. The summed E-state index contributed by atoms with van der Waals surface area (Å²) in [5.74, 6) is -2.02. The Kier molecular flexibility index (Phi) is 8.00. The Morgan fingerprint density at radius 3 is 2.44 bits per heavy atom. The smallest absolute Gasteiger partial charge is 0.341 e. The molecule has 0 fully saturated rings. The normalized spacial score (nSPS) is 10.8. The molecule has 10 nitrogen and oxygen atoms in total. The SMILES string of the molecule is CCOC(=O)c1cc(CC)sc1NC(=O)COC(=O)Cn1c(=O)n(CC)c(=O)c2ccccc21. The number of benzene rings is 1. The van der Waals surface area contributed by atoms with Gasteiger partial charge in [-0.15, -0.1) is 11.3 Å². The van der Waals surface area contributed by atoms with E-state index in [1.807, 2.05) is 6.92 Å². The van der Waals surface area contributed by atoms with Gasteiger partial charge in [0.2, 0.25) is 0 Å². The van der Waals surface area contributed by atoms with Crippen LogP contribution in [0.3, 0.4) is 0 Å². The molecule has 180 valence electrons. The molecule has 0 aliphatic rings. The highest BCUT2D eigenvalue weighted by atomic mass is 32.1. The summed E-state index contributed by atoms with van der Waals surface area (Å²) in [5.41, 5.74) is -0.541. The maximum Gasteiger partial charge on any atom is 0.341 e. The van der Waals surface area contributed by atoms with E-state index in [-0.39, 0.29) is 18.7 Å². The second-order valence-electron chi connectivity index (χ2n) is 7.17. The van der Waals surface area contributed by atoms with E-state index in [0.29, 0.717) is 22.3 Å². The van der Waals surface area contributed by atoms with Crippen LogP contribution < -0.4 is 16.6 Å². The Morgan fingerprint density at radius 2 is 1.76 bits per heavy atom. The number of aromatic nitrogens is 2. The Balaban J connectivity index is 1.72. The molecule has 0 bridgehead atoms. The van der Waals surface area contributed by atoms with Gasteiger partial charge in [0.1, 0.15) is 11.5 Å². The van der Waals surface area contributed by atoms with Crippen molar-refractivity contribution in [2.45, 2.75) is 40.3 Å². The van der Waals surface area contributed by atoms with Crippen LogP contribution in [0.15, 0.2) is 39.9 Å². The van der Waals surface area contributed by atoms with Gasteiger partial charge in [-0.3, -0.25) is 23.5 Å². The van der Waals surface area contributed by atoms with Gasteiger partial charge in [-0.25, -0.2) is 9.59 Å². The lowest BCUT2D eigenvalue weighted by atomic mass is 10.2. The molecule has 0 aliphatic carbocycles. The maximum absolute atomic E-state index is 12.7. The predicted octanol–water partition coefficient (Wildman–Crippen LogP) is 2.17. The van der Waals surface area contributed by atoms with Gasteiger partial charge < -0.3 is 14.8 Å². The van der Waals surface area contributed by atoms with E-state index in [4.69, 9.17) is 9.47 Å². The minimum Gasteiger partial charge on any atom is -0.462 e. The number of para-hydroxylation sites is 1. The zero-order valence-electron chi connectivity index (χ0n) is 19.1. The monoisotopic (exact) mass is 487 g/mol. The Labute approximate surface area is 198 Å². The first-order chi connectivity index (χ1) is 16.3. The highest BCUT2D eigenvalue weighted by Crippen LogP contribution is 2.29. The van der Waals surface area contributed by atoms with Crippen LogP contribution >= 0.6 is 11.3 Å². The fourth-order valence-electron chi connectivity index (χ4n) is 3.36. The van der Waals surface area contributed by atoms with Crippen molar-refractivity contribution in [1.82, 2.24) is 9.13 Å². The van der Waals surface area contributed by atoms with E-state index < -0.39 is 42.2 Å². The standard InChI is InChI=1S/C23H25N3O7S/c1-4-14-11-16(22(30)32-6-3)20(34-14)24-18(27)13-33-19(28)12-26-17-10-8-7-9-15(17)21(29)25(5-2)23(26)31/h7-11H,4-6,12-13H2,1-3H3,(H,24,27). The molecule has 3 aromatic rings. The molecule has 0 radical (unpaired) electrons. The molecule has 1 aromatic carbocycles. The zero-order valence-corrected chi connectivity index (χ0v) is 19.9. The predicted molar refractivity (Wildman–Crippen MR) is 127 cm³/mol. The van der Waals surface area contributed by atoms with E-state index in [9.17, 15) is 24.0 Å². The summed E-state index contributed by atoms with van der Waals surface area (Å²) in [6.07, 6.45) is 0.671. The van der Waals surface area contributed by atoms with Gasteiger partial charge in [-0.1, -0.05) is 19.1 Å². The number of rotatable bonds is 9. The largest absolute Gasteiger partial charge is 0.462 e. The average molecular weight is 488 g/mol. The average Bonchev–Trinajstić information content (AvgIpc) is 3.24. The number of hydrogen-bond acceptors (Lipinski definition) is 8. The van der Waals surface area contributed by atoms with E-state index in [1.54, 1.807) is 44.2 Å². The van der Waals surface area contributed by atoms with Crippen molar-refractivity contribution in [2.24, 2.45) is 0 Å². The number of aryl methyl sites for hydroxylation is 1. The minimum absolute atomic E-state index is 0.142. The summed E-state index contributed by atoms with van der Waals surface area (Å²) >= 11 is 1.24. The second kappa shape index (κ2) is 10.9. The summed E-state index contributed by atoms with van der Waals surface area (Å²) in [6.45, 7) is 4.51. The number of anilines is 1. The first-order valence-electron chi connectivity index (χ1n) is 10.8. The fraction of sp³-hybridized carbons (Fsp3) is 0.348. The Bertz CT molecular complexity index is 1350. The molecule has 34 heavy (non-hydrogen) atoms. The molecule has 1 amide bonds. The third-order valence-corrected chi connectivity index (χ3v) is 6.17. The summed E-state index contributed by atoms with van der Waals surface area (Å²) in [5, 5.41) is 3.19. The van der Waals surface area contributed by atoms with E-state index >= 15 is 0 Å². The molecule has 2 aromatic heterocycles. The Hall–Kier alpha value is -3.73. The van der Waals surface area contributed by atoms with Gasteiger partial charge >= 0.3 is 17.6 Å². The highest BCUT2D eigenvalue weighted by Gasteiger charge is 2.20. The zero-order chi connectivity index (χ0) is 24.8. The number of carbonyl (C=O) groups is 3. The van der Waals surface area contributed by atoms with Crippen molar-refractivity contribution in [3.8, 4) is 0 Å². The van der Waals surface area contributed by atoms with Gasteiger partial charge in [0, 0.05) is 11.4 Å². The Morgan fingerprint density at radius 1 is 1.03 bits per heavy atom. The number of thiophene rings is 1. The van der Waals surface area contributed by atoms with Gasteiger partial charge in [0.05, 0.1) is 23.1 Å². The van der Waals surface area contributed by atoms with Crippen molar-refractivity contribution in [3.05, 3.63) is 61.6 Å². The number of hydrogen-bond donors (Lipinski definition) is 1. The first-order valence-corrected chi connectivity index (χ1v) is 11.6. The number of fused-ring (bicyclic) bond motifs is 1. The molecule has 1 N–H and O–H groups in total. The summed E-state index contributed by atoms with van der Waals surface area (Å²) < 4.78 is 12.3. The van der Waals surface area contributed by atoms with Crippen LogP contribution in [-0.2, 0) is 38.6 Å². The van der Waals surface area contributed by atoms with Crippen molar-refractivity contribution in [2.75, 3.05) is 18.5 Å². The topological polar surface area (TPSA) is 126 Å². The van der Waals surface area contributed by atoms with Crippen molar-refractivity contribution >= 4 is 45.1 Å². The van der Waals surface area contributed by atoms with Crippen LogP contribution in [0.2, 0.25) is 0 Å². The molecule has 0 atom stereocenters. The summed E-state index contributed by atoms with van der Waals surface area (Å²) in [6, 6.07) is 8.12. The lowest BCUT2D eigenvalue weighted by molar-refractivity contribution is -0.147. The number of carbonyl (C=O) groups excluding carboxylic acids is 3. The number of ether oxygens (including phenoxy) is 2. The maximum atomic E-state index is 12.7.